The van der Waals surface area contributed by atoms with Crippen LogP contribution in [0.1, 0.15) is 45.2 Å². The van der Waals surface area contributed by atoms with Crippen LogP contribution in [0.4, 0.5) is 0 Å². The molecule has 0 fully saturated rings. The summed E-state index contributed by atoms with van der Waals surface area (Å²) in [6.45, 7) is 8.70. The highest BCUT2D eigenvalue weighted by molar-refractivity contribution is 5.72. The zero-order valence-corrected chi connectivity index (χ0v) is 11.6. The molecule has 1 amide bonds. The Morgan fingerprint density at radius 1 is 1.33 bits per heavy atom. The van der Waals surface area contributed by atoms with Gasteiger partial charge in [-0.05, 0) is 23.1 Å². The maximum atomic E-state index is 10.7. The van der Waals surface area contributed by atoms with E-state index >= 15 is 0 Å². The zero-order chi connectivity index (χ0) is 13.6. The third-order valence-corrected chi connectivity index (χ3v) is 2.59. The molecule has 18 heavy (non-hydrogen) atoms. The van der Waals surface area contributed by atoms with Crippen molar-refractivity contribution in [1.29, 1.82) is 0 Å². The summed E-state index contributed by atoms with van der Waals surface area (Å²) in [5, 5.41) is 2.73. The summed E-state index contributed by atoms with van der Waals surface area (Å²) in [4.78, 5) is 10.7. The quantitative estimate of drug-likeness (QED) is 0.628. The molecule has 0 saturated carbocycles. The lowest BCUT2D eigenvalue weighted by atomic mass is 9.86. The Morgan fingerprint density at radius 2 is 2.06 bits per heavy atom. The summed E-state index contributed by atoms with van der Waals surface area (Å²) >= 11 is 0. The topological polar surface area (TPSA) is 29.1 Å². The predicted molar refractivity (Wildman–Crippen MR) is 75.3 cm³/mol. The first-order valence-electron chi connectivity index (χ1n) is 6.23. The Kier molecular flexibility index (Phi) is 4.97. The van der Waals surface area contributed by atoms with Crippen molar-refractivity contribution >= 4 is 5.91 Å². The number of carbonyl (C=O) groups is 1. The fraction of sp³-hybridized carbons (Fsp3) is 0.438. The fourth-order valence-electron chi connectivity index (χ4n) is 1.53. The molecule has 1 aromatic rings. The van der Waals surface area contributed by atoms with Gasteiger partial charge in [-0.25, -0.2) is 0 Å². The number of carbonyl (C=O) groups excluding carboxylic acids is 1. The summed E-state index contributed by atoms with van der Waals surface area (Å²) in [6.07, 6.45) is 0.680. The van der Waals surface area contributed by atoms with E-state index in [0.717, 1.165) is 5.56 Å². The number of rotatable bonds is 2. The molecule has 0 aliphatic rings. The van der Waals surface area contributed by atoms with Crippen molar-refractivity contribution in [2.75, 3.05) is 6.54 Å². The van der Waals surface area contributed by atoms with Gasteiger partial charge in [0.2, 0.25) is 5.91 Å². The van der Waals surface area contributed by atoms with Crippen LogP contribution >= 0.6 is 0 Å². The number of nitrogens with one attached hydrogen (secondary N) is 1. The van der Waals surface area contributed by atoms with Crippen molar-refractivity contribution in [1.82, 2.24) is 5.32 Å². The third kappa shape index (κ3) is 5.05. The minimum Gasteiger partial charge on any atom is -0.355 e. The van der Waals surface area contributed by atoms with E-state index in [9.17, 15) is 4.79 Å². The predicted octanol–water partition coefficient (Wildman–Crippen LogP) is 2.86. The molecule has 1 rings (SSSR count). The first-order chi connectivity index (χ1) is 8.39. The van der Waals surface area contributed by atoms with Gasteiger partial charge in [-0.15, -0.1) is 0 Å². The van der Waals surface area contributed by atoms with Crippen LogP contribution in [0, 0.1) is 11.8 Å². The van der Waals surface area contributed by atoms with Gasteiger partial charge in [0.05, 0.1) is 0 Å². The van der Waals surface area contributed by atoms with Gasteiger partial charge < -0.3 is 5.32 Å². The van der Waals surface area contributed by atoms with Crippen LogP contribution in [0.15, 0.2) is 24.3 Å². The molecule has 0 radical (unpaired) electrons. The standard InChI is InChI=1S/C16H21NO/c1-13(18)17-11-6-5-8-14-9-7-10-15(12-14)16(2,3)4/h7,9-10,12H,6,11H2,1-4H3,(H,17,18). The van der Waals surface area contributed by atoms with Crippen LogP contribution in [-0.2, 0) is 10.2 Å². The molecule has 0 aromatic heterocycles. The molecule has 1 aromatic carbocycles. The normalized spacial score (nSPS) is 10.4. The highest BCUT2D eigenvalue weighted by atomic mass is 16.1. The number of hydrogen-bond donors (Lipinski definition) is 1. The molecule has 96 valence electrons. The van der Waals surface area contributed by atoms with Gasteiger partial charge in [-0.2, -0.15) is 0 Å². The van der Waals surface area contributed by atoms with Crippen molar-refractivity contribution in [3.63, 3.8) is 0 Å². The summed E-state index contributed by atoms with van der Waals surface area (Å²) in [7, 11) is 0. The second kappa shape index (κ2) is 6.26. The molecule has 1 N–H and O–H groups in total. The monoisotopic (exact) mass is 243 g/mol. The maximum absolute atomic E-state index is 10.7. The van der Waals surface area contributed by atoms with E-state index in [0.29, 0.717) is 13.0 Å². The first-order valence-corrected chi connectivity index (χ1v) is 6.23. The molecule has 2 heteroatoms. The molecule has 0 unspecified atom stereocenters. The smallest absolute Gasteiger partial charge is 0.216 e. The van der Waals surface area contributed by atoms with Crippen LogP contribution in [0.3, 0.4) is 0 Å². The van der Waals surface area contributed by atoms with Crippen LogP contribution in [0.2, 0.25) is 0 Å². The van der Waals surface area contributed by atoms with Crippen molar-refractivity contribution in [3.8, 4) is 11.8 Å². The van der Waals surface area contributed by atoms with Crippen LogP contribution in [0.25, 0.3) is 0 Å². The van der Waals surface area contributed by atoms with Crippen LogP contribution in [-0.4, -0.2) is 12.5 Å². The van der Waals surface area contributed by atoms with E-state index in [1.165, 1.54) is 12.5 Å². The average Bonchev–Trinajstić information content (AvgIpc) is 2.27. The van der Waals surface area contributed by atoms with E-state index in [1.807, 2.05) is 12.1 Å². The lowest BCUT2D eigenvalue weighted by Crippen LogP contribution is -2.20. The second-order valence-electron chi connectivity index (χ2n) is 5.37. The minimum absolute atomic E-state index is 0.00784. The Labute approximate surface area is 110 Å². The molecule has 0 atom stereocenters. The largest absolute Gasteiger partial charge is 0.355 e. The maximum Gasteiger partial charge on any atom is 0.216 e. The minimum atomic E-state index is -0.00784. The van der Waals surface area contributed by atoms with Crippen molar-refractivity contribution < 1.29 is 4.79 Å². The average molecular weight is 243 g/mol. The van der Waals surface area contributed by atoms with Crippen LogP contribution < -0.4 is 5.32 Å². The van der Waals surface area contributed by atoms with Crippen molar-refractivity contribution in [2.45, 2.75) is 39.5 Å². The third-order valence-electron chi connectivity index (χ3n) is 2.59. The molecule has 0 bridgehead atoms. The lowest BCUT2D eigenvalue weighted by molar-refractivity contribution is -0.118. The molecule has 0 aliphatic heterocycles. The number of amides is 1. The van der Waals surface area contributed by atoms with E-state index in [-0.39, 0.29) is 11.3 Å². The Hall–Kier alpha value is -1.75. The molecule has 2 nitrogen and oxygen atoms in total. The number of hydrogen-bond acceptors (Lipinski definition) is 1. The Morgan fingerprint density at radius 3 is 2.67 bits per heavy atom. The Bertz CT molecular complexity index is 472. The van der Waals surface area contributed by atoms with E-state index in [2.05, 4.69) is 50.1 Å². The summed E-state index contributed by atoms with van der Waals surface area (Å²) in [5.41, 5.74) is 2.47. The fourth-order valence-corrected chi connectivity index (χ4v) is 1.53. The van der Waals surface area contributed by atoms with Crippen LogP contribution in [0.5, 0.6) is 0 Å². The number of benzene rings is 1. The summed E-state index contributed by atoms with van der Waals surface area (Å²) in [5.74, 6) is 6.19. The molecular formula is C16H21NO. The first kappa shape index (κ1) is 14.3. The SMILES string of the molecule is CC(=O)NCCC#Cc1cccc(C(C)(C)C)c1. The van der Waals surface area contributed by atoms with E-state index < -0.39 is 0 Å². The van der Waals surface area contributed by atoms with Gasteiger partial charge in [-0.1, -0.05) is 44.7 Å². The summed E-state index contributed by atoms with van der Waals surface area (Å²) < 4.78 is 0. The van der Waals surface area contributed by atoms with Gasteiger partial charge in [0.25, 0.3) is 0 Å². The van der Waals surface area contributed by atoms with Gasteiger partial charge in [0, 0.05) is 25.5 Å². The van der Waals surface area contributed by atoms with Crippen molar-refractivity contribution in [2.24, 2.45) is 0 Å². The van der Waals surface area contributed by atoms with Gasteiger partial charge in [-0.3, -0.25) is 4.79 Å². The van der Waals surface area contributed by atoms with E-state index in [4.69, 9.17) is 0 Å². The molecule has 0 saturated heterocycles. The lowest BCUT2D eigenvalue weighted by Gasteiger charge is -2.18. The molecule has 0 spiro atoms. The zero-order valence-electron chi connectivity index (χ0n) is 11.6. The van der Waals surface area contributed by atoms with E-state index in [1.54, 1.807) is 0 Å². The Balaban J connectivity index is 2.63. The van der Waals surface area contributed by atoms with Crippen molar-refractivity contribution in [3.05, 3.63) is 35.4 Å². The second-order valence-corrected chi connectivity index (χ2v) is 5.37. The molecule has 0 aliphatic carbocycles. The van der Waals surface area contributed by atoms with Gasteiger partial charge in [0.15, 0.2) is 0 Å². The summed E-state index contributed by atoms with van der Waals surface area (Å²) in [6, 6.07) is 8.31. The molecule has 0 heterocycles. The van der Waals surface area contributed by atoms with Gasteiger partial charge in [0.1, 0.15) is 0 Å². The highest BCUT2D eigenvalue weighted by Gasteiger charge is 2.12. The highest BCUT2D eigenvalue weighted by Crippen LogP contribution is 2.22. The van der Waals surface area contributed by atoms with Gasteiger partial charge >= 0.3 is 0 Å². The molecular weight excluding hydrogens is 222 g/mol.